The van der Waals surface area contributed by atoms with Gasteiger partial charge in [-0.15, -0.1) is 0 Å². The highest BCUT2D eigenvalue weighted by Gasteiger charge is 2.19. The van der Waals surface area contributed by atoms with E-state index < -0.39 is 5.54 Å². The van der Waals surface area contributed by atoms with Gasteiger partial charge in [0.05, 0.1) is 11.2 Å². The maximum Gasteiger partial charge on any atom is 0.0678 e. The molecule has 0 aliphatic rings. The Bertz CT molecular complexity index is 495. The summed E-state index contributed by atoms with van der Waals surface area (Å²) in [5.41, 5.74) is 7.72. The standard InChI is InChI=1S/C13H16N2/c1-9-8-10-6-4-5-7-11(10)12(15-9)13(2,3)14/h4-8H,14H2,1-3H3. The lowest BCUT2D eigenvalue weighted by Gasteiger charge is -2.20. The highest BCUT2D eigenvalue weighted by Crippen LogP contribution is 2.25. The third-order valence-corrected chi connectivity index (χ3v) is 2.48. The van der Waals surface area contributed by atoms with Crippen LogP contribution in [-0.2, 0) is 5.54 Å². The Morgan fingerprint density at radius 3 is 2.53 bits per heavy atom. The van der Waals surface area contributed by atoms with Crippen molar-refractivity contribution in [1.82, 2.24) is 4.98 Å². The lowest BCUT2D eigenvalue weighted by atomic mass is 9.95. The molecule has 1 heterocycles. The molecule has 0 atom stereocenters. The van der Waals surface area contributed by atoms with Gasteiger partial charge in [-0.1, -0.05) is 24.3 Å². The molecule has 0 saturated heterocycles. The van der Waals surface area contributed by atoms with Crippen molar-refractivity contribution in [3.05, 3.63) is 41.7 Å². The summed E-state index contributed by atoms with van der Waals surface area (Å²) in [6, 6.07) is 10.3. The molecule has 0 aliphatic carbocycles. The number of aromatic nitrogens is 1. The molecule has 1 aromatic heterocycles. The van der Waals surface area contributed by atoms with Crippen LogP contribution in [0.25, 0.3) is 10.8 Å². The second kappa shape index (κ2) is 3.31. The van der Waals surface area contributed by atoms with Gasteiger partial charge in [-0.2, -0.15) is 0 Å². The zero-order valence-corrected chi connectivity index (χ0v) is 9.41. The van der Waals surface area contributed by atoms with Gasteiger partial charge in [0.1, 0.15) is 0 Å². The fourth-order valence-corrected chi connectivity index (χ4v) is 1.82. The number of fused-ring (bicyclic) bond motifs is 1. The van der Waals surface area contributed by atoms with E-state index in [-0.39, 0.29) is 0 Å². The van der Waals surface area contributed by atoms with Crippen molar-refractivity contribution in [2.75, 3.05) is 0 Å². The number of hydrogen-bond acceptors (Lipinski definition) is 2. The minimum Gasteiger partial charge on any atom is -0.321 e. The van der Waals surface area contributed by atoms with E-state index in [1.807, 2.05) is 32.9 Å². The first-order chi connectivity index (χ1) is 6.98. The predicted molar refractivity (Wildman–Crippen MR) is 63.7 cm³/mol. The van der Waals surface area contributed by atoms with Crippen molar-refractivity contribution in [3.63, 3.8) is 0 Å². The van der Waals surface area contributed by atoms with Crippen LogP contribution in [-0.4, -0.2) is 4.98 Å². The number of rotatable bonds is 1. The van der Waals surface area contributed by atoms with E-state index >= 15 is 0 Å². The second-order valence-corrected chi connectivity index (χ2v) is 4.56. The van der Waals surface area contributed by atoms with Gasteiger partial charge >= 0.3 is 0 Å². The molecule has 2 aromatic rings. The topological polar surface area (TPSA) is 38.9 Å². The van der Waals surface area contributed by atoms with E-state index in [2.05, 4.69) is 23.2 Å². The van der Waals surface area contributed by atoms with Gasteiger partial charge in [-0.25, -0.2) is 0 Å². The van der Waals surface area contributed by atoms with Gasteiger partial charge in [0.2, 0.25) is 0 Å². The molecule has 0 unspecified atom stereocenters. The minimum atomic E-state index is -0.397. The first-order valence-corrected chi connectivity index (χ1v) is 5.14. The minimum absolute atomic E-state index is 0.397. The SMILES string of the molecule is Cc1cc2ccccc2c(C(C)(C)N)n1. The number of nitrogens with two attached hydrogens (primary N) is 1. The van der Waals surface area contributed by atoms with Crippen molar-refractivity contribution in [3.8, 4) is 0 Å². The van der Waals surface area contributed by atoms with E-state index in [4.69, 9.17) is 5.73 Å². The van der Waals surface area contributed by atoms with Crippen molar-refractivity contribution in [2.45, 2.75) is 26.3 Å². The number of pyridine rings is 1. The molecule has 2 heteroatoms. The maximum atomic E-state index is 6.13. The van der Waals surface area contributed by atoms with Gasteiger partial charge in [0.25, 0.3) is 0 Å². The van der Waals surface area contributed by atoms with Gasteiger partial charge in [-0.3, -0.25) is 4.98 Å². The fraction of sp³-hybridized carbons (Fsp3) is 0.308. The monoisotopic (exact) mass is 200 g/mol. The Balaban J connectivity index is 2.83. The first-order valence-electron chi connectivity index (χ1n) is 5.14. The van der Waals surface area contributed by atoms with Crippen LogP contribution in [0.2, 0.25) is 0 Å². The smallest absolute Gasteiger partial charge is 0.0678 e. The van der Waals surface area contributed by atoms with Crippen LogP contribution in [0, 0.1) is 6.92 Å². The Hall–Kier alpha value is -1.41. The summed E-state index contributed by atoms with van der Waals surface area (Å²) >= 11 is 0. The van der Waals surface area contributed by atoms with Crippen LogP contribution in [0.5, 0.6) is 0 Å². The molecule has 15 heavy (non-hydrogen) atoms. The molecule has 2 rings (SSSR count). The van der Waals surface area contributed by atoms with Gasteiger partial charge < -0.3 is 5.73 Å². The summed E-state index contributed by atoms with van der Waals surface area (Å²) in [7, 11) is 0. The average molecular weight is 200 g/mol. The summed E-state index contributed by atoms with van der Waals surface area (Å²) in [4.78, 5) is 4.55. The summed E-state index contributed by atoms with van der Waals surface area (Å²) in [5.74, 6) is 0. The molecule has 1 aromatic carbocycles. The van der Waals surface area contributed by atoms with Gasteiger partial charge in [-0.05, 0) is 32.2 Å². The number of aryl methyl sites for hydroxylation is 1. The highest BCUT2D eigenvalue weighted by molar-refractivity contribution is 5.85. The zero-order valence-electron chi connectivity index (χ0n) is 9.41. The van der Waals surface area contributed by atoms with E-state index in [1.54, 1.807) is 0 Å². The second-order valence-electron chi connectivity index (χ2n) is 4.56. The summed E-state index contributed by atoms with van der Waals surface area (Å²) < 4.78 is 0. The molecule has 2 N–H and O–H groups in total. The normalized spacial score (nSPS) is 12.0. The van der Waals surface area contributed by atoms with Crippen molar-refractivity contribution in [2.24, 2.45) is 5.73 Å². The van der Waals surface area contributed by atoms with Crippen molar-refractivity contribution in [1.29, 1.82) is 0 Å². The molecule has 0 spiro atoms. The van der Waals surface area contributed by atoms with Gasteiger partial charge in [0.15, 0.2) is 0 Å². The van der Waals surface area contributed by atoms with E-state index in [9.17, 15) is 0 Å². The Kier molecular flexibility index (Phi) is 2.24. The lowest BCUT2D eigenvalue weighted by Crippen LogP contribution is -2.30. The Morgan fingerprint density at radius 2 is 1.87 bits per heavy atom. The molecule has 0 aliphatic heterocycles. The summed E-state index contributed by atoms with van der Waals surface area (Å²) in [5, 5.41) is 2.36. The van der Waals surface area contributed by atoms with Crippen LogP contribution in [0.3, 0.4) is 0 Å². The molecule has 2 nitrogen and oxygen atoms in total. The molecule has 0 amide bonds. The summed E-state index contributed by atoms with van der Waals surface area (Å²) in [6.07, 6.45) is 0. The lowest BCUT2D eigenvalue weighted by molar-refractivity contribution is 0.540. The van der Waals surface area contributed by atoms with Gasteiger partial charge in [0, 0.05) is 11.1 Å². The number of benzene rings is 1. The molecular formula is C13H16N2. The fourth-order valence-electron chi connectivity index (χ4n) is 1.82. The van der Waals surface area contributed by atoms with E-state index in [1.165, 1.54) is 5.39 Å². The van der Waals surface area contributed by atoms with Crippen LogP contribution >= 0.6 is 0 Å². The maximum absolute atomic E-state index is 6.13. The number of hydrogen-bond donors (Lipinski definition) is 1. The number of nitrogens with zero attached hydrogens (tertiary/aromatic N) is 1. The van der Waals surface area contributed by atoms with E-state index in [0.29, 0.717) is 0 Å². The largest absolute Gasteiger partial charge is 0.321 e. The third kappa shape index (κ3) is 1.85. The first kappa shape index (κ1) is 10.1. The van der Waals surface area contributed by atoms with Crippen LogP contribution in [0.1, 0.15) is 25.2 Å². The Labute approximate surface area is 90.1 Å². The average Bonchev–Trinajstić information content (AvgIpc) is 2.15. The molecule has 0 saturated carbocycles. The quantitative estimate of drug-likeness (QED) is 0.768. The van der Waals surface area contributed by atoms with Crippen LogP contribution < -0.4 is 5.73 Å². The van der Waals surface area contributed by atoms with Crippen LogP contribution in [0.4, 0.5) is 0 Å². The Morgan fingerprint density at radius 1 is 1.20 bits per heavy atom. The molecule has 0 bridgehead atoms. The van der Waals surface area contributed by atoms with Crippen LogP contribution in [0.15, 0.2) is 30.3 Å². The molecule has 78 valence electrons. The summed E-state index contributed by atoms with van der Waals surface area (Å²) in [6.45, 7) is 5.98. The highest BCUT2D eigenvalue weighted by atomic mass is 14.8. The molecule has 0 radical (unpaired) electrons. The van der Waals surface area contributed by atoms with Crippen molar-refractivity contribution >= 4 is 10.8 Å². The zero-order chi connectivity index (χ0) is 11.1. The van der Waals surface area contributed by atoms with Crippen molar-refractivity contribution < 1.29 is 0 Å². The van der Waals surface area contributed by atoms with E-state index in [0.717, 1.165) is 16.8 Å². The molecular weight excluding hydrogens is 184 g/mol. The predicted octanol–water partition coefficient (Wildman–Crippen LogP) is 2.74. The molecule has 0 fully saturated rings. The third-order valence-electron chi connectivity index (χ3n) is 2.48.